The van der Waals surface area contributed by atoms with E-state index < -0.39 is 122 Å². The van der Waals surface area contributed by atoms with Crippen LogP contribution in [0.2, 0.25) is 0 Å². The van der Waals surface area contributed by atoms with Crippen molar-refractivity contribution in [3.05, 3.63) is 143 Å². The van der Waals surface area contributed by atoms with Gasteiger partial charge in [-0.1, -0.05) is 62.3 Å². The third-order valence-electron chi connectivity index (χ3n) is 11.1. The van der Waals surface area contributed by atoms with Crippen LogP contribution in [-0.2, 0) is 23.1 Å². The fraction of sp³-hybridized carbons (Fsp3) is 0.263. The van der Waals surface area contributed by atoms with Crippen molar-refractivity contribution in [2.75, 3.05) is 0 Å². The van der Waals surface area contributed by atoms with Crippen LogP contribution in [0.4, 0.5) is 65.9 Å². The molecule has 0 nitrogen and oxygen atoms in total. The van der Waals surface area contributed by atoms with Gasteiger partial charge in [-0.05, 0) is 0 Å². The van der Waals surface area contributed by atoms with Gasteiger partial charge in [0.05, 0.1) is 6.15 Å². The summed E-state index contributed by atoms with van der Waals surface area (Å²) in [5.74, 6) is -45.0. The predicted octanol–water partition coefficient (Wildman–Crippen LogP) is 9.92. The molecule has 0 unspecified atom stereocenters. The number of hydrogen-bond donors (Lipinski definition) is 0. The molecule has 5 aromatic carbocycles. The van der Waals surface area contributed by atoms with Gasteiger partial charge in [-0.25, -0.2) is 71.4 Å². The fourth-order valence-corrected chi connectivity index (χ4v) is 7.22. The van der Waals surface area contributed by atoms with Crippen molar-refractivity contribution >= 4 is 22.5 Å². The molecule has 0 fully saturated rings. The zero-order chi connectivity index (χ0) is 41.4. The van der Waals surface area contributed by atoms with E-state index in [9.17, 15) is 39.5 Å². The van der Waals surface area contributed by atoms with Crippen LogP contribution in [0.1, 0.15) is 55.6 Å². The number of benzene rings is 3. The minimum absolute atomic E-state index is 0. The molecule has 0 spiro atoms. The van der Waals surface area contributed by atoms with Gasteiger partial charge in [-0.3, -0.25) is 0 Å². The van der Waals surface area contributed by atoms with E-state index in [1.165, 1.54) is 55.5 Å². The Morgan fingerprint density at radius 1 is 0.327 bits per heavy atom. The zero-order valence-electron chi connectivity index (χ0n) is 30.3. The molecule has 0 aliphatic carbocycles. The van der Waals surface area contributed by atoms with Gasteiger partial charge in [0.1, 0.15) is 34.9 Å². The van der Waals surface area contributed by atoms with Crippen LogP contribution in [0.3, 0.4) is 0 Å². The van der Waals surface area contributed by atoms with E-state index in [1.54, 1.807) is 0 Å². The maximum atomic E-state index is 15.6. The molecule has 17 heteroatoms. The monoisotopic (exact) mass is 840 g/mol. The Balaban J connectivity index is 0.000000641. The number of halogens is 15. The summed E-state index contributed by atoms with van der Waals surface area (Å²) >= 11 is 0. The van der Waals surface area contributed by atoms with Gasteiger partial charge in [0.25, 0.3) is 0 Å². The van der Waals surface area contributed by atoms with Crippen LogP contribution in [0, 0.1) is 150 Å². The van der Waals surface area contributed by atoms with Crippen molar-refractivity contribution in [2.45, 2.75) is 68.6 Å². The molecule has 0 radical (unpaired) electrons. The molecule has 0 bridgehead atoms. The largest absolute Gasteiger partial charge is 3.00 e. The molecule has 55 heavy (non-hydrogen) atoms. The average molecular weight is 840 g/mol. The third kappa shape index (κ3) is 6.68. The minimum atomic E-state index is -5.63. The molecule has 0 aliphatic heterocycles. The summed E-state index contributed by atoms with van der Waals surface area (Å²) in [5, 5.41) is 0. The number of rotatable bonds is 5. The van der Waals surface area contributed by atoms with E-state index in [0.717, 1.165) is 0 Å². The number of hydrogen-bond acceptors (Lipinski definition) is 0. The molecule has 0 aromatic heterocycles. The van der Waals surface area contributed by atoms with E-state index in [2.05, 4.69) is 34.6 Å². The third-order valence-corrected chi connectivity index (χ3v) is 11.1. The zero-order valence-corrected chi connectivity index (χ0v) is 31.3. The molecule has 5 rings (SSSR count). The molecule has 298 valence electrons. The van der Waals surface area contributed by atoms with Crippen LogP contribution in [0.5, 0.6) is 0 Å². The van der Waals surface area contributed by atoms with E-state index in [0.29, 0.717) is 0 Å². The Morgan fingerprint density at radius 3 is 0.709 bits per heavy atom. The quantitative estimate of drug-likeness (QED) is 0.0544. The predicted molar refractivity (Wildman–Crippen MR) is 174 cm³/mol. The molecule has 5 aromatic rings. The first kappa shape index (κ1) is 45.3. The second-order valence-corrected chi connectivity index (χ2v) is 13.3. The summed E-state index contributed by atoms with van der Waals surface area (Å²) in [6.07, 6.45) is -7.42. The summed E-state index contributed by atoms with van der Waals surface area (Å²) in [7, 11) is 0. The second-order valence-electron chi connectivity index (χ2n) is 13.3. The van der Waals surface area contributed by atoms with Gasteiger partial charge >= 0.3 is 16.8 Å². The van der Waals surface area contributed by atoms with E-state index in [-0.39, 0.29) is 39.0 Å². The summed E-state index contributed by atoms with van der Waals surface area (Å²) in [5.41, 5.74) is -0.481. The molecule has 0 saturated carbocycles. The van der Waals surface area contributed by atoms with Crippen molar-refractivity contribution in [1.82, 2.24) is 0 Å². The SMILES string of the molecule is Cc1c(C)c(C)[c-](C)c1C.Cc1c(C[B-](c2c(F)c(F)c(F)c(F)c2F)(c2c(F)c(F)c(F)c(F)c2F)c2c(F)c(F)c(F)c(F)c2F)c(C)[c-](C)c1C.[Co+3]. The Hall–Kier alpha value is -4.12. The van der Waals surface area contributed by atoms with E-state index in [1.807, 2.05) is 0 Å². The first-order valence-electron chi connectivity index (χ1n) is 16.0. The molecular formula is C38H29BCoF15. The topological polar surface area (TPSA) is 0 Å². The van der Waals surface area contributed by atoms with Gasteiger partial charge in [0.2, 0.25) is 0 Å². The Morgan fingerprint density at radius 2 is 0.527 bits per heavy atom. The Bertz CT molecular complexity index is 2010. The second kappa shape index (κ2) is 15.8. The summed E-state index contributed by atoms with van der Waals surface area (Å²) in [6.45, 7) is 16.1. The van der Waals surface area contributed by atoms with Crippen molar-refractivity contribution in [3.63, 3.8) is 0 Å². The Kier molecular flexibility index (Phi) is 13.0. The maximum absolute atomic E-state index is 15.6. The van der Waals surface area contributed by atoms with Gasteiger partial charge in [0, 0.05) is 0 Å². The van der Waals surface area contributed by atoms with Crippen molar-refractivity contribution in [3.8, 4) is 0 Å². The smallest absolute Gasteiger partial charge is 0.226 e. The van der Waals surface area contributed by atoms with Crippen LogP contribution in [0.25, 0.3) is 0 Å². The van der Waals surface area contributed by atoms with Crippen molar-refractivity contribution in [2.24, 2.45) is 0 Å². The van der Waals surface area contributed by atoms with Gasteiger partial charge < -0.3 is 0 Å². The first-order valence-corrected chi connectivity index (χ1v) is 16.0. The normalized spacial score (nSPS) is 11.6. The summed E-state index contributed by atoms with van der Waals surface area (Å²) < 4.78 is 224. The van der Waals surface area contributed by atoms with Gasteiger partial charge in [0.15, 0.2) is 52.4 Å². The fourth-order valence-electron chi connectivity index (χ4n) is 7.22. The molecule has 0 heterocycles. The van der Waals surface area contributed by atoms with E-state index in [4.69, 9.17) is 0 Å². The van der Waals surface area contributed by atoms with Crippen molar-refractivity contribution < 1.29 is 82.6 Å². The summed E-state index contributed by atoms with van der Waals surface area (Å²) in [6, 6.07) is 0. The first-order chi connectivity index (χ1) is 24.8. The molecule has 0 saturated heterocycles. The molecule has 0 N–H and O–H groups in total. The minimum Gasteiger partial charge on any atom is -0.226 e. The van der Waals surface area contributed by atoms with E-state index >= 15 is 26.3 Å². The average Bonchev–Trinajstić information content (AvgIpc) is 3.42. The van der Waals surface area contributed by atoms with Crippen molar-refractivity contribution in [1.29, 1.82) is 0 Å². The molecule has 0 amide bonds. The van der Waals surface area contributed by atoms with Gasteiger partial charge in [-0.2, -0.15) is 56.4 Å². The Labute approximate surface area is 316 Å². The molecule has 0 aliphatic rings. The van der Waals surface area contributed by atoms with Crippen LogP contribution in [0.15, 0.2) is 0 Å². The molecule has 0 atom stereocenters. The van der Waals surface area contributed by atoms with Crippen LogP contribution >= 0.6 is 0 Å². The summed E-state index contributed by atoms with van der Waals surface area (Å²) in [4.78, 5) is 0. The standard InChI is InChI=1S/C28H14BF15.C10H15.Co/c1-6-7(2)9(4)10(8(6)3)5-29(11-14(30)20(36)26(42)21(37)15(11)31,12-16(32)22(38)27(43)23(39)17(12)33)13-18(34)24(40)28(44)25(41)19(13)35;1-6-7(2)9(4)10(5)8(6)3;/h5H2,1-4H3;1-5H3;/q-2;-1;+3. The molecular weight excluding hydrogens is 811 g/mol. The van der Waals surface area contributed by atoms with Crippen LogP contribution < -0.4 is 16.4 Å². The van der Waals surface area contributed by atoms with Crippen LogP contribution in [-0.4, -0.2) is 6.15 Å². The maximum Gasteiger partial charge on any atom is 3.00 e. The van der Waals surface area contributed by atoms with Gasteiger partial charge in [-0.15, -0.1) is 16.4 Å².